The number of thioether (sulfide) groups is 1. The molecule has 0 aliphatic carbocycles. The zero-order chi connectivity index (χ0) is 14.2. The third-order valence-electron chi connectivity index (χ3n) is 3.26. The van der Waals surface area contributed by atoms with Gasteiger partial charge < -0.3 is 0 Å². The Morgan fingerprint density at radius 1 is 1.20 bits per heavy atom. The van der Waals surface area contributed by atoms with E-state index in [2.05, 4.69) is 40.1 Å². The van der Waals surface area contributed by atoms with Gasteiger partial charge >= 0.3 is 0 Å². The van der Waals surface area contributed by atoms with Gasteiger partial charge in [-0.3, -0.25) is 20.6 Å². The second-order valence-corrected chi connectivity index (χ2v) is 5.81. The number of nitrogens with one attached hydrogen (secondary N) is 2. The minimum atomic E-state index is -0.226. The summed E-state index contributed by atoms with van der Waals surface area (Å²) in [6.45, 7) is 0. The highest BCUT2D eigenvalue weighted by Crippen LogP contribution is 2.10. The predicted molar refractivity (Wildman–Crippen MR) is 84.9 cm³/mol. The molecule has 1 aromatic rings. The molecule has 0 spiro atoms. The van der Waals surface area contributed by atoms with Crippen molar-refractivity contribution in [2.24, 2.45) is 4.99 Å². The van der Waals surface area contributed by atoms with E-state index in [-0.39, 0.29) is 11.9 Å². The number of aliphatic imine (C=N–C) groups is 1. The van der Waals surface area contributed by atoms with Crippen LogP contribution in [0.3, 0.4) is 0 Å². The Bertz CT molecular complexity index is 461. The third kappa shape index (κ3) is 4.56. The summed E-state index contributed by atoms with van der Waals surface area (Å²) in [5.74, 6) is 1.83. The monoisotopic (exact) mass is 291 g/mol. The van der Waals surface area contributed by atoms with Crippen LogP contribution in [0.1, 0.15) is 24.8 Å². The van der Waals surface area contributed by atoms with Crippen molar-refractivity contribution in [1.82, 2.24) is 10.9 Å². The van der Waals surface area contributed by atoms with Crippen molar-refractivity contribution in [3.05, 3.63) is 35.9 Å². The van der Waals surface area contributed by atoms with Gasteiger partial charge in [0, 0.05) is 6.42 Å². The fraction of sp³-hybridized carbons (Fsp3) is 0.467. The Morgan fingerprint density at radius 2 is 2.00 bits per heavy atom. The Hall–Kier alpha value is -1.49. The number of hydrogen-bond donors (Lipinski definition) is 2. The van der Waals surface area contributed by atoms with E-state index >= 15 is 0 Å². The van der Waals surface area contributed by atoms with E-state index in [0.29, 0.717) is 0 Å². The molecule has 2 N–H and O–H groups in total. The van der Waals surface area contributed by atoms with E-state index in [0.717, 1.165) is 37.3 Å². The van der Waals surface area contributed by atoms with E-state index in [1.165, 1.54) is 5.56 Å². The number of nitrogens with zero attached hydrogens (tertiary/aromatic N) is 1. The van der Waals surface area contributed by atoms with Gasteiger partial charge in [0.1, 0.15) is 11.9 Å². The maximum absolute atomic E-state index is 11.7. The van der Waals surface area contributed by atoms with Crippen LogP contribution in [-0.4, -0.2) is 29.8 Å². The molecule has 20 heavy (non-hydrogen) atoms. The summed E-state index contributed by atoms with van der Waals surface area (Å²) in [4.78, 5) is 16.2. The number of rotatable bonds is 7. The second-order valence-electron chi connectivity index (χ2n) is 4.83. The van der Waals surface area contributed by atoms with Gasteiger partial charge in [0.15, 0.2) is 0 Å². The van der Waals surface area contributed by atoms with Crippen molar-refractivity contribution in [2.75, 3.05) is 12.0 Å². The van der Waals surface area contributed by atoms with Gasteiger partial charge in [0.2, 0.25) is 0 Å². The SMILES string of the molecule is CSCCC1N=C(CCCc2ccccc2)NNC1=O. The van der Waals surface area contributed by atoms with Crippen LogP contribution in [0.25, 0.3) is 0 Å². The lowest BCUT2D eigenvalue weighted by Gasteiger charge is -2.22. The predicted octanol–water partition coefficient (Wildman–Crippen LogP) is 2.16. The zero-order valence-electron chi connectivity index (χ0n) is 11.8. The van der Waals surface area contributed by atoms with Crippen LogP contribution in [0.4, 0.5) is 0 Å². The average molecular weight is 291 g/mol. The summed E-state index contributed by atoms with van der Waals surface area (Å²) < 4.78 is 0. The van der Waals surface area contributed by atoms with E-state index in [9.17, 15) is 4.79 Å². The molecule has 108 valence electrons. The number of hydrogen-bond acceptors (Lipinski definition) is 4. The molecule has 1 unspecified atom stereocenters. The molecule has 1 heterocycles. The molecule has 0 saturated carbocycles. The largest absolute Gasteiger partial charge is 0.286 e. The summed E-state index contributed by atoms with van der Waals surface area (Å²) in [6, 6.07) is 10.2. The minimum Gasteiger partial charge on any atom is -0.286 e. The maximum atomic E-state index is 11.7. The molecular formula is C15H21N3OS. The molecular weight excluding hydrogens is 270 g/mol. The molecule has 1 aliphatic heterocycles. The number of carbonyl (C=O) groups is 1. The van der Waals surface area contributed by atoms with Crippen molar-refractivity contribution < 1.29 is 4.79 Å². The van der Waals surface area contributed by atoms with Gasteiger partial charge in [-0.05, 0) is 36.8 Å². The number of hydrazine groups is 1. The number of benzene rings is 1. The lowest BCUT2D eigenvalue weighted by molar-refractivity contribution is -0.123. The highest BCUT2D eigenvalue weighted by atomic mass is 32.2. The van der Waals surface area contributed by atoms with Crippen LogP contribution in [0.2, 0.25) is 0 Å². The Balaban J connectivity index is 1.81. The van der Waals surface area contributed by atoms with Crippen molar-refractivity contribution in [1.29, 1.82) is 0 Å². The van der Waals surface area contributed by atoms with Crippen LogP contribution >= 0.6 is 11.8 Å². The minimum absolute atomic E-state index is 0.0224. The first-order valence-electron chi connectivity index (χ1n) is 6.95. The van der Waals surface area contributed by atoms with E-state index in [1.807, 2.05) is 12.3 Å². The Labute approximate surface area is 124 Å². The Kier molecular flexibility index (Phi) is 5.92. The standard InChI is InChI=1S/C15H21N3OS/c1-20-11-10-13-15(19)18-17-14(16-13)9-5-8-12-6-3-2-4-7-12/h2-4,6-7,13H,5,8-11H2,1H3,(H,16,17)(H,18,19). The van der Waals surface area contributed by atoms with Crippen LogP contribution in [0.5, 0.6) is 0 Å². The fourth-order valence-corrected chi connectivity index (χ4v) is 2.61. The van der Waals surface area contributed by atoms with Gasteiger partial charge in [-0.25, -0.2) is 0 Å². The first-order valence-corrected chi connectivity index (χ1v) is 8.34. The van der Waals surface area contributed by atoms with Crippen LogP contribution in [-0.2, 0) is 11.2 Å². The number of aryl methyl sites for hydroxylation is 1. The first kappa shape index (κ1) is 14.9. The van der Waals surface area contributed by atoms with Crippen molar-refractivity contribution in [3.8, 4) is 0 Å². The molecule has 1 aromatic carbocycles. The summed E-state index contributed by atoms with van der Waals surface area (Å²) >= 11 is 1.74. The molecule has 1 atom stereocenters. The van der Waals surface area contributed by atoms with Crippen molar-refractivity contribution >= 4 is 23.5 Å². The van der Waals surface area contributed by atoms with E-state index in [1.54, 1.807) is 11.8 Å². The first-order chi connectivity index (χ1) is 9.79. The van der Waals surface area contributed by atoms with Crippen LogP contribution in [0, 0.1) is 0 Å². The van der Waals surface area contributed by atoms with Gasteiger partial charge in [-0.2, -0.15) is 11.8 Å². The topological polar surface area (TPSA) is 53.5 Å². The number of amides is 1. The van der Waals surface area contributed by atoms with Crippen LogP contribution in [0.15, 0.2) is 35.3 Å². The van der Waals surface area contributed by atoms with Gasteiger partial charge in [-0.1, -0.05) is 30.3 Å². The summed E-state index contributed by atoms with van der Waals surface area (Å²) in [5, 5.41) is 0. The van der Waals surface area contributed by atoms with Gasteiger partial charge in [-0.15, -0.1) is 0 Å². The van der Waals surface area contributed by atoms with E-state index < -0.39 is 0 Å². The number of amidine groups is 1. The highest BCUT2D eigenvalue weighted by molar-refractivity contribution is 7.98. The summed E-state index contributed by atoms with van der Waals surface area (Å²) in [7, 11) is 0. The maximum Gasteiger partial charge on any atom is 0.263 e. The molecule has 0 aromatic heterocycles. The molecule has 0 fully saturated rings. The van der Waals surface area contributed by atoms with E-state index in [4.69, 9.17) is 0 Å². The number of carbonyl (C=O) groups excluding carboxylic acids is 1. The van der Waals surface area contributed by atoms with Gasteiger partial charge in [0.05, 0.1) is 0 Å². The lowest BCUT2D eigenvalue weighted by atomic mass is 10.1. The van der Waals surface area contributed by atoms with Crippen molar-refractivity contribution in [2.45, 2.75) is 31.7 Å². The summed E-state index contributed by atoms with van der Waals surface area (Å²) in [6.07, 6.45) is 5.78. The molecule has 1 aliphatic rings. The zero-order valence-corrected chi connectivity index (χ0v) is 12.6. The third-order valence-corrected chi connectivity index (χ3v) is 3.91. The molecule has 0 saturated heterocycles. The molecule has 5 heteroatoms. The molecule has 2 rings (SSSR count). The second kappa shape index (κ2) is 7.94. The van der Waals surface area contributed by atoms with Gasteiger partial charge in [0.25, 0.3) is 5.91 Å². The molecule has 0 radical (unpaired) electrons. The molecule has 4 nitrogen and oxygen atoms in total. The normalized spacial score (nSPS) is 18.1. The quantitative estimate of drug-likeness (QED) is 0.809. The summed E-state index contributed by atoms with van der Waals surface area (Å²) in [5.41, 5.74) is 6.96. The Morgan fingerprint density at radius 3 is 2.75 bits per heavy atom. The average Bonchev–Trinajstić information content (AvgIpc) is 2.49. The fourth-order valence-electron chi connectivity index (χ4n) is 2.15. The van der Waals surface area contributed by atoms with Crippen molar-refractivity contribution in [3.63, 3.8) is 0 Å². The lowest BCUT2D eigenvalue weighted by Crippen LogP contribution is -2.51. The molecule has 1 amide bonds. The van der Waals surface area contributed by atoms with Crippen LogP contribution < -0.4 is 10.9 Å². The highest BCUT2D eigenvalue weighted by Gasteiger charge is 2.21. The smallest absolute Gasteiger partial charge is 0.263 e. The molecule has 0 bridgehead atoms.